The van der Waals surface area contributed by atoms with Gasteiger partial charge in [0.15, 0.2) is 0 Å². The van der Waals surface area contributed by atoms with Crippen LogP contribution in [-0.2, 0) is 11.3 Å². The summed E-state index contributed by atoms with van der Waals surface area (Å²) >= 11 is 0. The molecular formula is C14H21N3O3. The van der Waals surface area contributed by atoms with Crippen LogP contribution in [0, 0.1) is 12.8 Å². The summed E-state index contributed by atoms with van der Waals surface area (Å²) in [7, 11) is 0. The molecule has 0 aromatic carbocycles. The summed E-state index contributed by atoms with van der Waals surface area (Å²) in [4.78, 5) is 27.1. The topological polar surface area (TPSA) is 91.3 Å². The lowest BCUT2D eigenvalue weighted by molar-refractivity contribution is -0.140. The number of carbonyl (C=O) groups is 2. The van der Waals surface area contributed by atoms with Crippen LogP contribution in [-0.4, -0.2) is 28.1 Å². The molecule has 1 aromatic heterocycles. The highest BCUT2D eigenvalue weighted by atomic mass is 16.4. The fourth-order valence-corrected chi connectivity index (χ4v) is 1.74. The summed E-state index contributed by atoms with van der Waals surface area (Å²) < 4.78 is 0. The summed E-state index contributed by atoms with van der Waals surface area (Å²) in [6, 6.07) is 4.14. The average Bonchev–Trinajstić information content (AvgIpc) is 2.41. The molecule has 1 rings (SSSR count). The fraction of sp³-hybridized carbons (Fsp3) is 0.500. The Morgan fingerprint density at radius 3 is 2.65 bits per heavy atom. The van der Waals surface area contributed by atoms with E-state index in [2.05, 4.69) is 15.6 Å². The summed E-state index contributed by atoms with van der Waals surface area (Å²) in [5.74, 6) is -1.15. The van der Waals surface area contributed by atoms with Crippen LogP contribution in [0.15, 0.2) is 18.2 Å². The Morgan fingerprint density at radius 1 is 1.40 bits per heavy atom. The molecule has 6 heteroatoms. The number of pyridine rings is 1. The lowest BCUT2D eigenvalue weighted by Gasteiger charge is -2.20. The molecule has 1 heterocycles. The van der Waals surface area contributed by atoms with Gasteiger partial charge in [-0.1, -0.05) is 26.3 Å². The van der Waals surface area contributed by atoms with E-state index in [4.69, 9.17) is 5.11 Å². The second-order valence-corrected chi connectivity index (χ2v) is 4.80. The maximum atomic E-state index is 11.7. The number of carboxylic acid groups (broad SMARTS) is 1. The monoisotopic (exact) mass is 279 g/mol. The molecular weight excluding hydrogens is 258 g/mol. The minimum Gasteiger partial charge on any atom is -0.480 e. The Balaban J connectivity index is 2.52. The van der Waals surface area contributed by atoms with Gasteiger partial charge in [-0.2, -0.15) is 0 Å². The van der Waals surface area contributed by atoms with Crippen molar-refractivity contribution in [2.45, 2.75) is 39.8 Å². The second-order valence-electron chi connectivity index (χ2n) is 4.80. The van der Waals surface area contributed by atoms with E-state index < -0.39 is 18.0 Å². The summed E-state index contributed by atoms with van der Waals surface area (Å²) in [5.41, 5.74) is 1.60. The van der Waals surface area contributed by atoms with Gasteiger partial charge in [-0.05, 0) is 25.0 Å². The normalized spacial score (nSPS) is 13.3. The number of hydrogen-bond donors (Lipinski definition) is 3. The molecule has 0 fully saturated rings. The number of aliphatic carboxylic acids is 1. The quantitative estimate of drug-likeness (QED) is 0.739. The van der Waals surface area contributed by atoms with E-state index >= 15 is 0 Å². The highest BCUT2D eigenvalue weighted by Crippen LogP contribution is 2.07. The summed E-state index contributed by atoms with van der Waals surface area (Å²) in [6.45, 7) is 5.81. The third-order valence-electron chi connectivity index (χ3n) is 3.14. The van der Waals surface area contributed by atoms with Crippen LogP contribution < -0.4 is 10.6 Å². The summed E-state index contributed by atoms with van der Waals surface area (Å²) in [5, 5.41) is 14.2. The minimum atomic E-state index is -1.02. The van der Waals surface area contributed by atoms with Crippen molar-refractivity contribution in [1.29, 1.82) is 0 Å². The van der Waals surface area contributed by atoms with Crippen LogP contribution in [0.5, 0.6) is 0 Å². The van der Waals surface area contributed by atoms with E-state index in [1.807, 2.05) is 26.0 Å². The molecule has 0 saturated carbocycles. The van der Waals surface area contributed by atoms with Crippen LogP contribution in [0.3, 0.4) is 0 Å². The Kier molecular flexibility index (Phi) is 5.96. The number of amides is 2. The van der Waals surface area contributed by atoms with Crippen LogP contribution in [0.25, 0.3) is 0 Å². The van der Waals surface area contributed by atoms with E-state index in [0.717, 1.165) is 11.4 Å². The highest BCUT2D eigenvalue weighted by Gasteiger charge is 2.25. The molecule has 0 saturated heterocycles. The standard InChI is InChI=1S/C14H21N3O3/c1-4-9(2)12(13(18)19)17-14(20)15-8-11-7-5-6-10(3)16-11/h5-7,9,12H,4,8H2,1-3H3,(H,18,19)(H2,15,17,20)/t9-,12-/m0/s1. The van der Waals surface area contributed by atoms with Gasteiger partial charge in [0.05, 0.1) is 12.2 Å². The zero-order chi connectivity index (χ0) is 15.1. The molecule has 2 atom stereocenters. The predicted molar refractivity (Wildman–Crippen MR) is 75.2 cm³/mol. The van der Waals surface area contributed by atoms with E-state index in [0.29, 0.717) is 6.42 Å². The minimum absolute atomic E-state index is 0.129. The van der Waals surface area contributed by atoms with E-state index in [-0.39, 0.29) is 12.5 Å². The van der Waals surface area contributed by atoms with E-state index in [9.17, 15) is 9.59 Å². The van der Waals surface area contributed by atoms with Gasteiger partial charge in [-0.25, -0.2) is 9.59 Å². The first kappa shape index (κ1) is 15.9. The molecule has 0 aliphatic carbocycles. The lowest BCUT2D eigenvalue weighted by Crippen LogP contribution is -2.48. The number of aromatic nitrogens is 1. The van der Waals surface area contributed by atoms with Crippen LogP contribution in [0.1, 0.15) is 31.7 Å². The Morgan fingerprint density at radius 2 is 2.10 bits per heavy atom. The third kappa shape index (κ3) is 4.87. The van der Waals surface area contributed by atoms with Gasteiger partial charge in [0.1, 0.15) is 6.04 Å². The molecule has 0 spiro atoms. The number of aryl methyl sites for hydroxylation is 1. The van der Waals surface area contributed by atoms with Crippen molar-refractivity contribution in [3.05, 3.63) is 29.6 Å². The van der Waals surface area contributed by atoms with Gasteiger partial charge in [-0.3, -0.25) is 4.98 Å². The Hall–Kier alpha value is -2.11. The van der Waals surface area contributed by atoms with Crippen molar-refractivity contribution in [2.24, 2.45) is 5.92 Å². The molecule has 0 aliphatic rings. The van der Waals surface area contributed by atoms with Gasteiger partial charge < -0.3 is 15.7 Å². The molecule has 0 radical (unpaired) electrons. The van der Waals surface area contributed by atoms with Gasteiger partial charge in [0.25, 0.3) is 0 Å². The predicted octanol–water partition coefficient (Wildman–Crippen LogP) is 1.69. The smallest absolute Gasteiger partial charge is 0.326 e. The molecule has 0 unspecified atom stereocenters. The maximum Gasteiger partial charge on any atom is 0.326 e. The molecule has 2 amide bonds. The molecule has 3 N–H and O–H groups in total. The van der Waals surface area contributed by atoms with Gasteiger partial charge in [-0.15, -0.1) is 0 Å². The molecule has 0 bridgehead atoms. The Bertz CT molecular complexity index is 476. The largest absolute Gasteiger partial charge is 0.480 e. The number of carboxylic acids is 1. The maximum absolute atomic E-state index is 11.7. The van der Waals surface area contributed by atoms with Crippen molar-refractivity contribution >= 4 is 12.0 Å². The lowest BCUT2D eigenvalue weighted by atomic mass is 9.99. The number of nitrogens with one attached hydrogen (secondary N) is 2. The van der Waals surface area contributed by atoms with Crippen LogP contribution in [0.2, 0.25) is 0 Å². The SMILES string of the molecule is CC[C@H](C)[C@H](NC(=O)NCc1cccc(C)n1)C(=O)O. The molecule has 6 nitrogen and oxygen atoms in total. The van der Waals surface area contributed by atoms with Crippen molar-refractivity contribution in [1.82, 2.24) is 15.6 Å². The van der Waals surface area contributed by atoms with Gasteiger partial charge in [0.2, 0.25) is 0 Å². The Labute approximate surface area is 118 Å². The van der Waals surface area contributed by atoms with Crippen molar-refractivity contribution < 1.29 is 14.7 Å². The first-order valence-corrected chi connectivity index (χ1v) is 6.63. The van der Waals surface area contributed by atoms with Crippen LogP contribution in [0.4, 0.5) is 4.79 Å². The molecule has 0 aliphatic heterocycles. The number of hydrogen-bond acceptors (Lipinski definition) is 3. The molecule has 1 aromatic rings. The summed E-state index contributed by atoms with van der Waals surface area (Å²) in [6.07, 6.45) is 0.677. The average molecular weight is 279 g/mol. The van der Waals surface area contributed by atoms with Crippen molar-refractivity contribution in [2.75, 3.05) is 0 Å². The fourth-order valence-electron chi connectivity index (χ4n) is 1.74. The second kappa shape index (κ2) is 7.47. The van der Waals surface area contributed by atoms with Crippen molar-refractivity contribution in [3.8, 4) is 0 Å². The zero-order valence-corrected chi connectivity index (χ0v) is 12.0. The van der Waals surface area contributed by atoms with E-state index in [1.165, 1.54) is 0 Å². The van der Waals surface area contributed by atoms with Crippen molar-refractivity contribution in [3.63, 3.8) is 0 Å². The van der Waals surface area contributed by atoms with E-state index in [1.54, 1.807) is 13.0 Å². The number of rotatable bonds is 6. The first-order chi connectivity index (χ1) is 9.43. The molecule has 20 heavy (non-hydrogen) atoms. The first-order valence-electron chi connectivity index (χ1n) is 6.63. The molecule has 110 valence electrons. The number of carbonyl (C=O) groups excluding carboxylic acids is 1. The third-order valence-corrected chi connectivity index (χ3v) is 3.14. The number of urea groups is 1. The van der Waals surface area contributed by atoms with Gasteiger partial charge in [0, 0.05) is 5.69 Å². The van der Waals surface area contributed by atoms with Crippen LogP contribution >= 0.6 is 0 Å². The number of nitrogens with zero attached hydrogens (tertiary/aromatic N) is 1. The van der Waals surface area contributed by atoms with Gasteiger partial charge >= 0.3 is 12.0 Å². The highest BCUT2D eigenvalue weighted by molar-refractivity contribution is 5.82. The zero-order valence-electron chi connectivity index (χ0n) is 12.0.